The fraction of sp³-hybridized carbons (Fsp3) is 0.294. The van der Waals surface area contributed by atoms with Crippen LogP contribution in [0.5, 0.6) is 0 Å². The van der Waals surface area contributed by atoms with E-state index in [9.17, 15) is 5.11 Å². The lowest BCUT2D eigenvalue weighted by Gasteiger charge is -2.19. The monoisotopic (exact) mass is 411 g/mol. The highest BCUT2D eigenvalue weighted by Crippen LogP contribution is 2.25. The maximum atomic E-state index is 10.3. The van der Waals surface area contributed by atoms with Crippen LogP contribution in [0.4, 0.5) is 0 Å². The first-order valence-corrected chi connectivity index (χ1v) is 8.50. The van der Waals surface area contributed by atoms with E-state index in [1.807, 2.05) is 24.3 Å². The minimum absolute atomic E-state index is 0.437. The van der Waals surface area contributed by atoms with E-state index in [-0.39, 0.29) is 0 Å². The van der Waals surface area contributed by atoms with Crippen molar-refractivity contribution in [1.82, 2.24) is 4.90 Å². The number of aliphatic hydroxyl groups is 1. The molecule has 21 heavy (non-hydrogen) atoms. The van der Waals surface area contributed by atoms with Gasteiger partial charge in [-0.25, -0.2) is 0 Å². The van der Waals surface area contributed by atoms with Crippen LogP contribution in [-0.4, -0.2) is 23.6 Å². The number of hydrogen-bond donors (Lipinski definition) is 1. The van der Waals surface area contributed by atoms with Crippen LogP contribution in [0.2, 0.25) is 0 Å². The molecule has 0 aliphatic carbocycles. The maximum Gasteiger partial charge on any atom is 0.0813 e. The Labute approximate surface area is 143 Å². The molecule has 112 valence electrons. The first kappa shape index (κ1) is 16.7. The molecule has 0 amide bonds. The van der Waals surface area contributed by atoms with Gasteiger partial charge in [0.05, 0.1) is 6.10 Å². The molecule has 0 aliphatic rings. The number of halogens is 2. The van der Waals surface area contributed by atoms with Crippen LogP contribution in [0.1, 0.15) is 23.7 Å². The summed E-state index contributed by atoms with van der Waals surface area (Å²) < 4.78 is 2.06. The van der Waals surface area contributed by atoms with Crippen LogP contribution in [0.3, 0.4) is 0 Å². The maximum absolute atomic E-state index is 10.3. The molecule has 2 rings (SSSR count). The number of aliphatic hydroxyl groups excluding tert-OH is 1. The van der Waals surface area contributed by atoms with E-state index in [4.69, 9.17) is 0 Å². The smallest absolute Gasteiger partial charge is 0.0813 e. The summed E-state index contributed by atoms with van der Waals surface area (Å²) in [5.41, 5.74) is 2.23. The van der Waals surface area contributed by atoms with Crippen molar-refractivity contribution in [2.45, 2.75) is 19.1 Å². The average molecular weight is 413 g/mol. The van der Waals surface area contributed by atoms with Gasteiger partial charge >= 0.3 is 0 Å². The van der Waals surface area contributed by atoms with E-state index in [0.29, 0.717) is 0 Å². The molecule has 2 aromatic rings. The molecule has 0 radical (unpaired) electrons. The second kappa shape index (κ2) is 8.08. The van der Waals surface area contributed by atoms with Crippen LogP contribution in [-0.2, 0) is 6.54 Å². The van der Waals surface area contributed by atoms with Crippen molar-refractivity contribution in [1.29, 1.82) is 0 Å². The Morgan fingerprint density at radius 2 is 1.71 bits per heavy atom. The Bertz CT molecular complexity index is 571. The van der Waals surface area contributed by atoms with Crippen LogP contribution >= 0.6 is 31.9 Å². The lowest BCUT2D eigenvalue weighted by molar-refractivity contribution is 0.147. The Kier molecular flexibility index (Phi) is 6.42. The quantitative estimate of drug-likeness (QED) is 0.738. The number of benzene rings is 2. The minimum Gasteiger partial charge on any atom is -0.388 e. The average Bonchev–Trinajstić information content (AvgIpc) is 2.48. The number of hydrogen-bond acceptors (Lipinski definition) is 2. The molecule has 1 unspecified atom stereocenters. The van der Waals surface area contributed by atoms with Gasteiger partial charge in [-0.3, -0.25) is 0 Å². The molecule has 0 bridgehead atoms. The molecule has 2 nitrogen and oxygen atoms in total. The van der Waals surface area contributed by atoms with Crippen molar-refractivity contribution in [2.75, 3.05) is 13.6 Å². The normalized spacial score (nSPS) is 12.6. The van der Waals surface area contributed by atoms with Crippen molar-refractivity contribution in [3.05, 3.63) is 68.6 Å². The topological polar surface area (TPSA) is 23.5 Å². The van der Waals surface area contributed by atoms with Gasteiger partial charge in [0, 0.05) is 22.0 Å². The minimum atomic E-state index is -0.437. The molecule has 0 heterocycles. The van der Waals surface area contributed by atoms with E-state index >= 15 is 0 Å². The van der Waals surface area contributed by atoms with E-state index in [1.165, 1.54) is 5.56 Å². The summed E-state index contributed by atoms with van der Waals surface area (Å²) in [5, 5.41) is 10.3. The largest absolute Gasteiger partial charge is 0.388 e. The van der Waals surface area contributed by atoms with Crippen molar-refractivity contribution in [3.63, 3.8) is 0 Å². The first-order valence-electron chi connectivity index (χ1n) is 6.92. The molecule has 0 aliphatic heterocycles. The highest BCUT2D eigenvalue weighted by Gasteiger charge is 2.11. The highest BCUT2D eigenvalue weighted by atomic mass is 79.9. The Balaban J connectivity index is 1.85. The summed E-state index contributed by atoms with van der Waals surface area (Å²) >= 11 is 6.93. The van der Waals surface area contributed by atoms with E-state index in [1.54, 1.807) is 0 Å². The van der Waals surface area contributed by atoms with Crippen LogP contribution in [0, 0.1) is 0 Å². The lowest BCUT2D eigenvalue weighted by atomic mass is 10.1. The van der Waals surface area contributed by atoms with Crippen molar-refractivity contribution >= 4 is 31.9 Å². The summed E-state index contributed by atoms with van der Waals surface area (Å²) in [6.07, 6.45) is 0.281. The molecule has 1 N–H and O–H groups in total. The predicted molar refractivity (Wildman–Crippen MR) is 94.2 cm³/mol. The zero-order valence-electron chi connectivity index (χ0n) is 12.0. The fourth-order valence-electron chi connectivity index (χ4n) is 2.22. The van der Waals surface area contributed by atoms with Gasteiger partial charge in [-0.2, -0.15) is 0 Å². The van der Waals surface area contributed by atoms with Crippen molar-refractivity contribution in [2.24, 2.45) is 0 Å². The van der Waals surface area contributed by atoms with E-state index in [2.05, 4.69) is 68.1 Å². The summed E-state index contributed by atoms with van der Waals surface area (Å²) in [5.74, 6) is 0. The first-order chi connectivity index (χ1) is 10.1. The number of nitrogens with zero attached hydrogens (tertiary/aromatic N) is 1. The van der Waals surface area contributed by atoms with E-state index in [0.717, 1.165) is 34.0 Å². The molecule has 0 saturated carbocycles. The third-order valence-corrected chi connectivity index (χ3v) is 4.67. The van der Waals surface area contributed by atoms with Crippen molar-refractivity contribution < 1.29 is 5.11 Å². The molecule has 4 heteroatoms. The molecule has 0 spiro atoms. The molecular formula is C17H19Br2NO. The van der Waals surface area contributed by atoms with Gasteiger partial charge in [0.15, 0.2) is 0 Å². The van der Waals surface area contributed by atoms with Crippen LogP contribution in [0.15, 0.2) is 57.5 Å². The van der Waals surface area contributed by atoms with Gasteiger partial charge in [-0.15, -0.1) is 0 Å². The summed E-state index contributed by atoms with van der Waals surface area (Å²) in [6, 6.07) is 16.2. The van der Waals surface area contributed by atoms with Crippen LogP contribution < -0.4 is 0 Å². The lowest BCUT2D eigenvalue weighted by Crippen LogP contribution is -2.21. The highest BCUT2D eigenvalue weighted by molar-refractivity contribution is 9.10. The molecule has 0 fully saturated rings. The summed E-state index contributed by atoms with van der Waals surface area (Å²) in [7, 11) is 2.08. The van der Waals surface area contributed by atoms with Gasteiger partial charge in [0.25, 0.3) is 0 Å². The standard InChI is InChI=1S/C17H19Br2NO/c1-20(12-13-6-8-14(18)9-7-13)11-10-17(21)15-4-2-3-5-16(15)19/h2-9,17,21H,10-12H2,1H3. The second-order valence-corrected chi connectivity index (χ2v) is 6.96. The fourth-order valence-corrected chi connectivity index (χ4v) is 3.04. The molecule has 1 atom stereocenters. The Morgan fingerprint density at radius 3 is 2.38 bits per heavy atom. The van der Waals surface area contributed by atoms with Crippen LogP contribution in [0.25, 0.3) is 0 Å². The van der Waals surface area contributed by atoms with E-state index < -0.39 is 6.10 Å². The zero-order chi connectivity index (χ0) is 15.2. The summed E-state index contributed by atoms with van der Waals surface area (Å²) in [4.78, 5) is 2.23. The molecular weight excluding hydrogens is 394 g/mol. The Morgan fingerprint density at radius 1 is 1.05 bits per heavy atom. The van der Waals surface area contributed by atoms with Gasteiger partial charge in [-0.05, 0) is 42.8 Å². The van der Waals surface area contributed by atoms with Gasteiger partial charge in [0.2, 0.25) is 0 Å². The molecule has 0 saturated heterocycles. The second-order valence-electron chi connectivity index (χ2n) is 5.19. The zero-order valence-corrected chi connectivity index (χ0v) is 15.1. The summed E-state index contributed by atoms with van der Waals surface area (Å²) in [6.45, 7) is 1.73. The number of rotatable bonds is 6. The van der Waals surface area contributed by atoms with Gasteiger partial charge < -0.3 is 10.0 Å². The SMILES string of the molecule is CN(CCC(O)c1ccccc1Br)Cc1ccc(Br)cc1. The Hall–Kier alpha value is -0.680. The third kappa shape index (κ3) is 5.22. The van der Waals surface area contributed by atoms with Gasteiger partial charge in [-0.1, -0.05) is 62.2 Å². The predicted octanol–water partition coefficient (Wildman–Crippen LogP) is 4.77. The molecule has 2 aromatic carbocycles. The third-order valence-electron chi connectivity index (χ3n) is 3.41. The van der Waals surface area contributed by atoms with Crippen molar-refractivity contribution in [3.8, 4) is 0 Å². The van der Waals surface area contributed by atoms with Gasteiger partial charge in [0.1, 0.15) is 0 Å². The molecule has 0 aromatic heterocycles.